The van der Waals surface area contributed by atoms with E-state index in [1.165, 1.54) is 0 Å². The lowest BCUT2D eigenvalue weighted by Crippen LogP contribution is -2.72. The molecule has 5 aliphatic rings. The van der Waals surface area contributed by atoms with Crippen molar-refractivity contribution < 1.29 is 29.4 Å². The van der Waals surface area contributed by atoms with E-state index < -0.39 is 46.3 Å². The quantitative estimate of drug-likeness (QED) is 0.199. The smallest absolute Gasteiger partial charge is 0.316 e. The molecule has 0 bridgehead atoms. The van der Waals surface area contributed by atoms with Gasteiger partial charge in [-0.2, -0.15) is 0 Å². The molecule has 7 unspecified atom stereocenters. The van der Waals surface area contributed by atoms with Gasteiger partial charge in [0.2, 0.25) is 11.8 Å². The van der Waals surface area contributed by atoms with E-state index in [9.17, 15) is 29.4 Å². The van der Waals surface area contributed by atoms with Crippen LogP contribution in [0.1, 0.15) is 100 Å². The van der Waals surface area contributed by atoms with E-state index in [4.69, 9.17) is 0 Å². The normalized spacial score (nSPS) is 32.5. The van der Waals surface area contributed by atoms with Crippen molar-refractivity contribution >= 4 is 29.3 Å². The second-order valence-electron chi connectivity index (χ2n) is 17.6. The van der Waals surface area contributed by atoms with Crippen molar-refractivity contribution in [1.82, 2.24) is 20.9 Å². The number of likely N-dealkylation sites (tertiary alicyclic amines) is 1. The van der Waals surface area contributed by atoms with Crippen LogP contribution in [0.15, 0.2) is 17.6 Å². The Hall–Kier alpha value is -2.79. The summed E-state index contributed by atoms with van der Waals surface area (Å²) < 4.78 is 0. The van der Waals surface area contributed by atoms with Gasteiger partial charge in [-0.15, -0.1) is 6.58 Å². The van der Waals surface area contributed by atoms with Crippen LogP contribution in [0, 0.1) is 39.9 Å². The summed E-state index contributed by atoms with van der Waals surface area (Å²) in [4.78, 5) is 61.7. The number of carbonyl (C=O) groups is 4. The molecule has 262 valence electrons. The van der Waals surface area contributed by atoms with Gasteiger partial charge in [-0.25, -0.2) is 4.79 Å². The van der Waals surface area contributed by atoms with Crippen molar-refractivity contribution in [3.05, 3.63) is 12.7 Å². The van der Waals surface area contributed by atoms with Crippen molar-refractivity contribution in [2.24, 2.45) is 44.9 Å². The number of nitrogens with one attached hydrogen (secondary N) is 3. The second kappa shape index (κ2) is 12.0. The van der Waals surface area contributed by atoms with E-state index >= 15 is 0 Å². The van der Waals surface area contributed by atoms with E-state index in [1.807, 2.05) is 20.8 Å². The van der Waals surface area contributed by atoms with E-state index in [0.29, 0.717) is 44.0 Å². The van der Waals surface area contributed by atoms with Crippen molar-refractivity contribution in [2.45, 2.75) is 130 Å². The molecule has 5 rings (SSSR count). The number of urea groups is 1. The summed E-state index contributed by atoms with van der Waals surface area (Å²) in [5, 5.41) is 31.7. The molecule has 0 spiro atoms. The van der Waals surface area contributed by atoms with Crippen molar-refractivity contribution in [3.63, 3.8) is 0 Å². The van der Waals surface area contributed by atoms with Crippen LogP contribution in [0.3, 0.4) is 0 Å². The molecule has 11 nitrogen and oxygen atoms in total. The lowest BCUT2D eigenvalue weighted by atomic mass is 9.66. The maximum Gasteiger partial charge on any atom is 0.316 e. The lowest BCUT2D eigenvalue weighted by Gasteiger charge is -2.52. The molecule has 47 heavy (non-hydrogen) atoms. The Morgan fingerprint density at radius 2 is 1.70 bits per heavy atom. The molecule has 0 aromatic rings. The number of aliphatic hydroxyl groups is 2. The van der Waals surface area contributed by atoms with Crippen LogP contribution in [0.4, 0.5) is 4.79 Å². The van der Waals surface area contributed by atoms with Gasteiger partial charge >= 0.3 is 6.03 Å². The zero-order chi connectivity index (χ0) is 34.9. The van der Waals surface area contributed by atoms with E-state index in [2.05, 4.69) is 41.4 Å². The number of hydrogen-bond acceptors (Lipinski definition) is 7. The van der Waals surface area contributed by atoms with Crippen LogP contribution < -0.4 is 16.0 Å². The lowest BCUT2D eigenvalue weighted by molar-refractivity contribution is -0.280. The Morgan fingerprint density at radius 3 is 2.28 bits per heavy atom. The molecule has 11 heteroatoms. The standard InChI is InChI=1S/C36H57N5O6/c1-10-16-37-25-21-17-20(21)18-23(27(25)42)38-29(43)26-24-22(34(24,8)9)19-41(26)30(44)28(32(2,3)4)39-31(45)40-35(14-12-11-13-15-35)36(46,47)33(5,6)7/h10,20-24,26,28,46-47H,1,11-19H2,2-9H3,(H,38,43)(H2,39,40,45). The molecule has 4 amide bonds. The third-order valence-corrected chi connectivity index (χ3v) is 12.0. The first-order chi connectivity index (χ1) is 21.7. The fraction of sp³-hybridized carbons (Fsp3) is 0.806. The minimum Gasteiger partial charge on any atom is -0.363 e. The van der Waals surface area contributed by atoms with Gasteiger partial charge in [0, 0.05) is 17.9 Å². The van der Waals surface area contributed by atoms with Gasteiger partial charge in [-0.1, -0.05) is 80.7 Å². The number of aliphatic imine (C=N–C) groups is 1. The number of rotatable bonds is 8. The third-order valence-electron chi connectivity index (χ3n) is 12.0. The van der Waals surface area contributed by atoms with Crippen LogP contribution in [0.5, 0.6) is 0 Å². The molecule has 5 N–H and O–H groups in total. The zero-order valence-corrected chi connectivity index (χ0v) is 29.6. The third kappa shape index (κ3) is 6.27. The van der Waals surface area contributed by atoms with Gasteiger partial charge in [0.25, 0.3) is 0 Å². The summed E-state index contributed by atoms with van der Waals surface area (Å²) in [5.74, 6) is -2.51. The SMILES string of the molecule is C=CCN=C1C(=O)C(NC(=O)C2C3C(CN2C(=O)C(NC(=O)NC2(C(O)(O)C(C)(C)C)CCCCC2)C(C)(C)C)C3(C)C)CC2CC12. The molecular weight excluding hydrogens is 598 g/mol. The molecule has 1 aliphatic heterocycles. The molecule has 4 aliphatic carbocycles. The molecule has 0 aromatic heterocycles. The molecule has 7 atom stereocenters. The van der Waals surface area contributed by atoms with Crippen LogP contribution in [-0.4, -0.2) is 87.0 Å². The van der Waals surface area contributed by atoms with Crippen molar-refractivity contribution in [2.75, 3.05) is 13.1 Å². The van der Waals surface area contributed by atoms with Gasteiger partial charge in [-0.3, -0.25) is 19.4 Å². The number of amides is 4. The van der Waals surface area contributed by atoms with E-state index in [-0.39, 0.29) is 40.8 Å². The molecular formula is C36H57N5O6. The molecule has 0 aromatic carbocycles. The molecule has 5 fully saturated rings. The Labute approximate surface area is 279 Å². The maximum atomic E-state index is 14.4. The summed E-state index contributed by atoms with van der Waals surface area (Å²) in [6, 6.07) is -3.10. The summed E-state index contributed by atoms with van der Waals surface area (Å²) >= 11 is 0. The number of fused-ring (bicyclic) bond motifs is 2. The minimum absolute atomic E-state index is 0.0659. The highest BCUT2D eigenvalue weighted by Crippen LogP contribution is 2.65. The first kappa shape index (κ1) is 35.5. The molecule has 0 radical (unpaired) electrons. The number of ketones is 1. The van der Waals surface area contributed by atoms with Crippen LogP contribution in [0.2, 0.25) is 0 Å². The number of Topliss-reactive ketones (excluding diaryl/α,β-unsaturated/α-hetero) is 1. The Kier molecular flexibility index (Phi) is 9.04. The Bertz CT molecular complexity index is 1330. The number of hydrogen-bond donors (Lipinski definition) is 5. The number of carbonyl (C=O) groups excluding carboxylic acids is 4. The largest absolute Gasteiger partial charge is 0.363 e. The van der Waals surface area contributed by atoms with Gasteiger partial charge in [-0.05, 0) is 54.3 Å². The highest BCUT2D eigenvalue weighted by atomic mass is 16.5. The monoisotopic (exact) mass is 655 g/mol. The predicted molar refractivity (Wildman–Crippen MR) is 179 cm³/mol. The maximum absolute atomic E-state index is 14.4. The summed E-state index contributed by atoms with van der Waals surface area (Å²) in [6.45, 7) is 19.4. The fourth-order valence-corrected chi connectivity index (χ4v) is 8.80. The van der Waals surface area contributed by atoms with E-state index in [1.54, 1.807) is 31.7 Å². The van der Waals surface area contributed by atoms with Crippen molar-refractivity contribution in [1.29, 1.82) is 0 Å². The summed E-state index contributed by atoms with van der Waals surface area (Å²) in [6.07, 6.45) is 6.31. The van der Waals surface area contributed by atoms with Gasteiger partial charge in [0.15, 0.2) is 11.6 Å². The van der Waals surface area contributed by atoms with Crippen LogP contribution >= 0.6 is 0 Å². The van der Waals surface area contributed by atoms with Gasteiger partial charge in [0.1, 0.15) is 12.1 Å². The highest BCUT2D eigenvalue weighted by molar-refractivity contribution is 6.44. The van der Waals surface area contributed by atoms with E-state index in [0.717, 1.165) is 25.7 Å². The highest BCUT2D eigenvalue weighted by Gasteiger charge is 2.70. The molecule has 4 saturated carbocycles. The Morgan fingerprint density at radius 1 is 1.06 bits per heavy atom. The van der Waals surface area contributed by atoms with Crippen LogP contribution in [0.25, 0.3) is 0 Å². The topological polar surface area (TPSA) is 160 Å². The number of nitrogens with zero attached hydrogens (tertiary/aromatic N) is 2. The van der Waals surface area contributed by atoms with Crippen molar-refractivity contribution in [3.8, 4) is 0 Å². The first-order valence-electron chi connectivity index (χ1n) is 17.5. The average molecular weight is 656 g/mol. The average Bonchev–Trinajstić information content (AvgIpc) is 3.77. The zero-order valence-electron chi connectivity index (χ0n) is 29.6. The molecule has 1 heterocycles. The number of piperidine rings is 1. The van der Waals surface area contributed by atoms with Gasteiger partial charge in [0.05, 0.1) is 23.8 Å². The first-order valence-corrected chi connectivity index (χ1v) is 17.5. The minimum atomic E-state index is -2.20. The Balaban J connectivity index is 1.35. The second-order valence-corrected chi connectivity index (χ2v) is 17.6. The predicted octanol–water partition coefficient (Wildman–Crippen LogP) is 3.33. The molecule has 1 saturated heterocycles. The summed E-state index contributed by atoms with van der Waals surface area (Å²) in [5.41, 5.74) is -2.56. The summed E-state index contributed by atoms with van der Waals surface area (Å²) in [7, 11) is 0. The fourth-order valence-electron chi connectivity index (χ4n) is 8.80. The van der Waals surface area contributed by atoms with Crippen LogP contribution in [-0.2, 0) is 14.4 Å². The van der Waals surface area contributed by atoms with Gasteiger partial charge < -0.3 is 31.1 Å².